The molecule has 6 heteroatoms. The minimum Gasteiger partial charge on any atom is -0.373 e. The number of carbonyl (C=O) groups is 1. The number of pyridine rings is 1. The molecule has 24 heavy (non-hydrogen) atoms. The maximum absolute atomic E-state index is 12.6. The first-order chi connectivity index (χ1) is 11.6. The molecule has 2 aliphatic heterocycles. The second-order valence-corrected chi connectivity index (χ2v) is 6.98. The van der Waals surface area contributed by atoms with Gasteiger partial charge in [-0.2, -0.15) is 0 Å². The fourth-order valence-corrected chi connectivity index (χ4v) is 3.80. The number of nitrogens with zero attached hydrogens (tertiary/aromatic N) is 3. The molecule has 3 atom stereocenters. The predicted octanol–water partition coefficient (Wildman–Crippen LogP) is 1.86. The molecule has 3 rings (SSSR count). The van der Waals surface area contributed by atoms with Crippen molar-refractivity contribution in [2.75, 3.05) is 26.2 Å². The van der Waals surface area contributed by atoms with Crippen LogP contribution in [-0.2, 0) is 11.3 Å². The van der Waals surface area contributed by atoms with Crippen LogP contribution in [0.3, 0.4) is 0 Å². The van der Waals surface area contributed by atoms with Gasteiger partial charge in [0.2, 0.25) is 0 Å². The molecule has 0 bridgehead atoms. The predicted molar refractivity (Wildman–Crippen MR) is 92.6 cm³/mol. The quantitative estimate of drug-likeness (QED) is 0.914. The van der Waals surface area contributed by atoms with Crippen LogP contribution in [0.2, 0.25) is 0 Å². The highest BCUT2D eigenvalue weighted by atomic mass is 16.5. The fourth-order valence-electron chi connectivity index (χ4n) is 3.80. The van der Waals surface area contributed by atoms with Gasteiger partial charge in [0.1, 0.15) is 0 Å². The van der Waals surface area contributed by atoms with Gasteiger partial charge in [-0.15, -0.1) is 0 Å². The third-order valence-corrected chi connectivity index (χ3v) is 4.80. The lowest BCUT2D eigenvalue weighted by Gasteiger charge is -2.38. The average molecular weight is 332 g/mol. The van der Waals surface area contributed by atoms with Crippen molar-refractivity contribution in [3.8, 4) is 0 Å². The first-order valence-corrected chi connectivity index (χ1v) is 8.93. The number of ether oxygens (including phenoxy) is 1. The highest BCUT2D eigenvalue weighted by Gasteiger charge is 2.32. The number of hydrogen-bond acceptors (Lipinski definition) is 4. The Morgan fingerprint density at radius 1 is 1.29 bits per heavy atom. The lowest BCUT2D eigenvalue weighted by atomic mass is 10.1. The van der Waals surface area contributed by atoms with Crippen LogP contribution in [0.15, 0.2) is 24.5 Å². The number of aromatic nitrogens is 1. The summed E-state index contributed by atoms with van der Waals surface area (Å²) >= 11 is 0. The Balaban J connectivity index is 1.52. The van der Waals surface area contributed by atoms with Crippen molar-refractivity contribution in [1.82, 2.24) is 20.1 Å². The molecule has 6 nitrogen and oxygen atoms in total. The van der Waals surface area contributed by atoms with Crippen LogP contribution in [0.1, 0.15) is 32.3 Å². The van der Waals surface area contributed by atoms with Crippen LogP contribution in [0, 0.1) is 0 Å². The monoisotopic (exact) mass is 332 g/mol. The standard InChI is InChI=1S/C18H28N4O2/c1-14-11-21(12-15(2)24-14)13-17-4-3-9-22(17)18(23)20-10-16-5-7-19-8-6-16/h5-8,14-15,17H,3-4,9-13H2,1-2H3,(H,20,23)/t14-,15-,17+/m1/s1. The van der Waals surface area contributed by atoms with E-state index in [0.717, 1.165) is 44.6 Å². The van der Waals surface area contributed by atoms with Crippen molar-refractivity contribution in [3.63, 3.8) is 0 Å². The summed E-state index contributed by atoms with van der Waals surface area (Å²) in [5.74, 6) is 0. The molecule has 2 saturated heterocycles. The zero-order chi connectivity index (χ0) is 16.9. The number of carbonyl (C=O) groups excluding carboxylic acids is 1. The number of nitrogens with one attached hydrogen (secondary N) is 1. The third-order valence-electron chi connectivity index (χ3n) is 4.80. The van der Waals surface area contributed by atoms with Gasteiger partial charge in [-0.3, -0.25) is 9.88 Å². The Morgan fingerprint density at radius 3 is 2.71 bits per heavy atom. The Kier molecular flexibility index (Phi) is 5.68. The zero-order valence-electron chi connectivity index (χ0n) is 14.6. The van der Waals surface area contributed by atoms with E-state index in [0.29, 0.717) is 12.6 Å². The Labute approximate surface area is 144 Å². The first-order valence-electron chi connectivity index (χ1n) is 8.93. The minimum absolute atomic E-state index is 0.0451. The van der Waals surface area contributed by atoms with E-state index in [-0.39, 0.29) is 18.2 Å². The molecular weight excluding hydrogens is 304 g/mol. The molecule has 0 aliphatic carbocycles. The SMILES string of the molecule is C[C@@H]1CN(C[C@@H]2CCCN2C(=O)NCc2ccncc2)C[C@@H](C)O1. The summed E-state index contributed by atoms with van der Waals surface area (Å²) in [5.41, 5.74) is 1.07. The summed E-state index contributed by atoms with van der Waals surface area (Å²) in [6.07, 6.45) is 6.21. The van der Waals surface area contributed by atoms with Crippen molar-refractivity contribution in [1.29, 1.82) is 0 Å². The van der Waals surface area contributed by atoms with E-state index in [1.54, 1.807) is 12.4 Å². The van der Waals surface area contributed by atoms with Crippen LogP contribution in [0.25, 0.3) is 0 Å². The molecule has 0 unspecified atom stereocenters. The summed E-state index contributed by atoms with van der Waals surface area (Å²) in [4.78, 5) is 21.0. The Hall–Kier alpha value is -1.66. The molecule has 2 amide bonds. The molecule has 1 aromatic rings. The van der Waals surface area contributed by atoms with E-state index in [2.05, 4.69) is 29.0 Å². The Bertz CT molecular complexity index is 529. The van der Waals surface area contributed by atoms with Crippen molar-refractivity contribution >= 4 is 6.03 Å². The van der Waals surface area contributed by atoms with Gasteiger partial charge in [-0.25, -0.2) is 4.79 Å². The molecule has 1 N–H and O–H groups in total. The maximum atomic E-state index is 12.6. The van der Waals surface area contributed by atoms with Gasteiger partial charge in [0.25, 0.3) is 0 Å². The van der Waals surface area contributed by atoms with Crippen molar-refractivity contribution < 1.29 is 9.53 Å². The number of morpholine rings is 1. The number of hydrogen-bond donors (Lipinski definition) is 1. The number of rotatable bonds is 4. The number of likely N-dealkylation sites (tertiary alicyclic amines) is 1. The highest BCUT2D eigenvalue weighted by Crippen LogP contribution is 2.20. The van der Waals surface area contributed by atoms with E-state index >= 15 is 0 Å². The molecule has 2 aliphatic rings. The van der Waals surface area contributed by atoms with Gasteiger partial charge in [0, 0.05) is 51.2 Å². The van der Waals surface area contributed by atoms with E-state index in [4.69, 9.17) is 4.74 Å². The summed E-state index contributed by atoms with van der Waals surface area (Å²) in [6, 6.07) is 4.21. The normalized spacial score (nSPS) is 28.1. The third kappa shape index (κ3) is 4.45. The van der Waals surface area contributed by atoms with Gasteiger partial charge in [0.15, 0.2) is 0 Å². The summed E-state index contributed by atoms with van der Waals surface area (Å²) < 4.78 is 5.80. The Morgan fingerprint density at radius 2 is 2.00 bits per heavy atom. The van der Waals surface area contributed by atoms with Gasteiger partial charge >= 0.3 is 6.03 Å². The van der Waals surface area contributed by atoms with E-state index in [9.17, 15) is 4.79 Å². The highest BCUT2D eigenvalue weighted by molar-refractivity contribution is 5.74. The smallest absolute Gasteiger partial charge is 0.317 e. The van der Waals surface area contributed by atoms with E-state index < -0.39 is 0 Å². The van der Waals surface area contributed by atoms with Crippen LogP contribution in [-0.4, -0.2) is 65.2 Å². The summed E-state index contributed by atoms with van der Waals surface area (Å²) in [7, 11) is 0. The van der Waals surface area contributed by atoms with Crippen LogP contribution < -0.4 is 5.32 Å². The first kappa shape index (κ1) is 17.2. The van der Waals surface area contributed by atoms with Gasteiger partial charge in [-0.1, -0.05) is 0 Å². The molecule has 0 saturated carbocycles. The summed E-state index contributed by atoms with van der Waals surface area (Å²) in [5, 5.41) is 3.04. The lowest BCUT2D eigenvalue weighted by Crippen LogP contribution is -2.52. The van der Waals surface area contributed by atoms with Crippen molar-refractivity contribution in [3.05, 3.63) is 30.1 Å². The van der Waals surface area contributed by atoms with Crippen molar-refractivity contribution in [2.24, 2.45) is 0 Å². The second-order valence-electron chi connectivity index (χ2n) is 6.98. The second kappa shape index (κ2) is 7.94. The van der Waals surface area contributed by atoms with Gasteiger partial charge < -0.3 is 15.0 Å². The van der Waals surface area contributed by atoms with E-state index in [1.165, 1.54) is 0 Å². The van der Waals surface area contributed by atoms with Crippen LogP contribution in [0.4, 0.5) is 4.79 Å². The van der Waals surface area contributed by atoms with E-state index in [1.807, 2.05) is 17.0 Å². The number of amides is 2. The molecule has 1 aromatic heterocycles. The minimum atomic E-state index is 0.0451. The lowest BCUT2D eigenvalue weighted by molar-refractivity contribution is -0.0713. The zero-order valence-corrected chi connectivity index (χ0v) is 14.6. The summed E-state index contributed by atoms with van der Waals surface area (Å²) in [6.45, 7) is 8.49. The fraction of sp³-hybridized carbons (Fsp3) is 0.667. The van der Waals surface area contributed by atoms with Crippen LogP contribution in [0.5, 0.6) is 0 Å². The molecular formula is C18H28N4O2. The molecule has 132 valence electrons. The molecule has 0 radical (unpaired) electrons. The molecule has 0 spiro atoms. The van der Waals surface area contributed by atoms with Crippen molar-refractivity contribution in [2.45, 2.75) is 51.5 Å². The molecule has 0 aromatic carbocycles. The average Bonchev–Trinajstić information content (AvgIpc) is 3.01. The molecule has 3 heterocycles. The van der Waals surface area contributed by atoms with Crippen LogP contribution >= 0.6 is 0 Å². The molecule has 2 fully saturated rings. The topological polar surface area (TPSA) is 57.7 Å². The largest absolute Gasteiger partial charge is 0.373 e. The maximum Gasteiger partial charge on any atom is 0.317 e. The number of urea groups is 1. The van der Waals surface area contributed by atoms with Gasteiger partial charge in [0.05, 0.1) is 12.2 Å². The van der Waals surface area contributed by atoms with Gasteiger partial charge in [-0.05, 0) is 44.4 Å².